The van der Waals surface area contributed by atoms with E-state index in [0.29, 0.717) is 12.0 Å². The van der Waals surface area contributed by atoms with Gasteiger partial charge < -0.3 is 10.4 Å². The first-order valence-corrected chi connectivity index (χ1v) is 8.35. The van der Waals surface area contributed by atoms with Crippen LogP contribution in [0.4, 0.5) is 4.39 Å². The molecule has 0 aromatic heterocycles. The summed E-state index contributed by atoms with van der Waals surface area (Å²) >= 11 is 0. The molecule has 0 aliphatic heterocycles. The van der Waals surface area contributed by atoms with Crippen LogP contribution in [0.2, 0.25) is 0 Å². The quantitative estimate of drug-likeness (QED) is 0.806. The van der Waals surface area contributed by atoms with Crippen LogP contribution in [0.3, 0.4) is 0 Å². The van der Waals surface area contributed by atoms with Crippen molar-refractivity contribution in [2.24, 2.45) is 5.92 Å². The topological polar surface area (TPSA) is 49.3 Å². The van der Waals surface area contributed by atoms with Crippen molar-refractivity contribution in [3.05, 3.63) is 35.6 Å². The molecule has 1 aromatic rings. The maximum absolute atomic E-state index is 12.8. The Hall–Kier alpha value is -1.42. The highest BCUT2D eigenvalue weighted by atomic mass is 19.1. The van der Waals surface area contributed by atoms with E-state index in [1.807, 2.05) is 0 Å². The van der Waals surface area contributed by atoms with Crippen LogP contribution in [0.25, 0.3) is 0 Å². The van der Waals surface area contributed by atoms with Crippen molar-refractivity contribution in [2.45, 2.75) is 57.5 Å². The van der Waals surface area contributed by atoms with Crippen molar-refractivity contribution in [3.8, 4) is 0 Å². The van der Waals surface area contributed by atoms with Gasteiger partial charge in [0.15, 0.2) is 0 Å². The fourth-order valence-corrected chi connectivity index (χ4v) is 3.13. The number of amides is 1. The second kappa shape index (κ2) is 8.89. The minimum atomic E-state index is -0.789. The molecule has 1 aliphatic carbocycles. The zero-order valence-corrected chi connectivity index (χ0v) is 13.1. The Morgan fingerprint density at radius 3 is 2.59 bits per heavy atom. The summed E-state index contributed by atoms with van der Waals surface area (Å²) in [5.74, 6) is 0.450. The van der Waals surface area contributed by atoms with Gasteiger partial charge >= 0.3 is 0 Å². The number of hydrogen-bond donors (Lipinski definition) is 2. The van der Waals surface area contributed by atoms with E-state index in [1.165, 1.54) is 56.4 Å². The van der Waals surface area contributed by atoms with E-state index in [0.717, 1.165) is 18.8 Å². The van der Waals surface area contributed by atoms with Crippen molar-refractivity contribution in [1.82, 2.24) is 5.32 Å². The normalized spacial score (nSPS) is 17.2. The van der Waals surface area contributed by atoms with E-state index in [1.54, 1.807) is 0 Å². The predicted molar refractivity (Wildman–Crippen MR) is 84.8 cm³/mol. The van der Waals surface area contributed by atoms with Crippen LogP contribution in [0, 0.1) is 11.7 Å². The molecule has 1 aromatic carbocycles. The average molecular weight is 307 g/mol. The summed E-state index contributed by atoms with van der Waals surface area (Å²) in [7, 11) is 0. The molecule has 1 unspecified atom stereocenters. The molecule has 122 valence electrons. The summed E-state index contributed by atoms with van der Waals surface area (Å²) in [5, 5.41) is 12.7. The predicted octanol–water partition coefficient (Wildman–Crippen LogP) is 3.73. The molecule has 1 atom stereocenters. The molecular formula is C18H26FNO2. The Bertz CT molecular complexity index is 455. The first kappa shape index (κ1) is 16.9. The standard InChI is InChI=1S/C18H26FNO2/c19-16-11-9-15(10-12-16)17(21)13-20-18(22)8-4-7-14-5-2-1-3-6-14/h9-12,14,17,21H,1-8,13H2,(H,20,22). The van der Waals surface area contributed by atoms with Crippen LogP contribution in [0.5, 0.6) is 0 Å². The molecule has 4 heteroatoms. The van der Waals surface area contributed by atoms with Gasteiger partial charge in [-0.3, -0.25) is 4.79 Å². The van der Waals surface area contributed by atoms with E-state index in [-0.39, 0.29) is 18.3 Å². The average Bonchev–Trinajstić information content (AvgIpc) is 2.54. The lowest BCUT2D eigenvalue weighted by Gasteiger charge is -2.21. The number of hydrogen-bond acceptors (Lipinski definition) is 2. The molecule has 1 fully saturated rings. The summed E-state index contributed by atoms with van der Waals surface area (Å²) in [6.45, 7) is 0.174. The summed E-state index contributed by atoms with van der Waals surface area (Å²) in [6.07, 6.45) is 8.43. The fraction of sp³-hybridized carbons (Fsp3) is 0.611. The zero-order valence-electron chi connectivity index (χ0n) is 13.1. The minimum Gasteiger partial charge on any atom is -0.387 e. The Labute approximate surface area is 131 Å². The van der Waals surface area contributed by atoms with Crippen molar-refractivity contribution in [3.63, 3.8) is 0 Å². The van der Waals surface area contributed by atoms with Crippen LogP contribution in [-0.2, 0) is 4.79 Å². The molecule has 0 bridgehead atoms. The molecule has 2 N–H and O–H groups in total. The molecule has 0 spiro atoms. The van der Waals surface area contributed by atoms with Gasteiger partial charge in [-0.2, -0.15) is 0 Å². The van der Waals surface area contributed by atoms with Gasteiger partial charge in [-0.1, -0.05) is 44.2 Å². The van der Waals surface area contributed by atoms with Gasteiger partial charge in [0.05, 0.1) is 6.10 Å². The highest BCUT2D eigenvalue weighted by molar-refractivity contribution is 5.75. The molecular weight excluding hydrogens is 281 g/mol. The lowest BCUT2D eigenvalue weighted by molar-refractivity contribution is -0.121. The van der Waals surface area contributed by atoms with E-state index >= 15 is 0 Å². The summed E-state index contributed by atoms with van der Waals surface area (Å²) in [5.41, 5.74) is 0.615. The van der Waals surface area contributed by atoms with E-state index in [2.05, 4.69) is 5.32 Å². The first-order valence-electron chi connectivity index (χ1n) is 8.35. The van der Waals surface area contributed by atoms with Crippen molar-refractivity contribution in [1.29, 1.82) is 0 Å². The molecule has 1 amide bonds. The van der Waals surface area contributed by atoms with E-state index in [4.69, 9.17) is 0 Å². The van der Waals surface area contributed by atoms with Crippen molar-refractivity contribution >= 4 is 5.91 Å². The first-order chi connectivity index (χ1) is 10.6. The molecule has 22 heavy (non-hydrogen) atoms. The second-order valence-electron chi connectivity index (χ2n) is 6.27. The maximum atomic E-state index is 12.8. The monoisotopic (exact) mass is 307 g/mol. The molecule has 1 saturated carbocycles. The number of carbonyl (C=O) groups is 1. The van der Waals surface area contributed by atoms with Gasteiger partial charge in [0.1, 0.15) is 5.82 Å². The highest BCUT2D eigenvalue weighted by Gasteiger charge is 2.14. The van der Waals surface area contributed by atoms with Gasteiger partial charge in [0, 0.05) is 13.0 Å². The van der Waals surface area contributed by atoms with Crippen molar-refractivity contribution in [2.75, 3.05) is 6.54 Å². The molecule has 1 aliphatic rings. The summed E-state index contributed by atoms with van der Waals surface area (Å²) in [6, 6.07) is 5.69. The van der Waals surface area contributed by atoms with Crippen LogP contribution in [0.1, 0.15) is 63.0 Å². The van der Waals surface area contributed by atoms with Crippen molar-refractivity contribution < 1.29 is 14.3 Å². The van der Waals surface area contributed by atoms with Gasteiger partial charge in [-0.25, -0.2) is 4.39 Å². The van der Waals surface area contributed by atoms with Gasteiger partial charge in [0.2, 0.25) is 5.91 Å². The van der Waals surface area contributed by atoms with Gasteiger partial charge in [0.25, 0.3) is 0 Å². The maximum Gasteiger partial charge on any atom is 0.220 e. The smallest absolute Gasteiger partial charge is 0.220 e. The summed E-state index contributed by atoms with van der Waals surface area (Å²) < 4.78 is 12.8. The number of rotatable bonds is 7. The molecule has 2 rings (SSSR count). The van der Waals surface area contributed by atoms with Crippen LogP contribution < -0.4 is 5.32 Å². The third-order valence-electron chi connectivity index (χ3n) is 4.49. The zero-order chi connectivity index (χ0) is 15.8. The molecule has 3 nitrogen and oxygen atoms in total. The van der Waals surface area contributed by atoms with Gasteiger partial charge in [-0.05, 0) is 36.5 Å². The van der Waals surface area contributed by atoms with Crippen LogP contribution >= 0.6 is 0 Å². The van der Waals surface area contributed by atoms with E-state index in [9.17, 15) is 14.3 Å². The van der Waals surface area contributed by atoms with Crippen LogP contribution in [0.15, 0.2) is 24.3 Å². The lowest BCUT2D eigenvalue weighted by Crippen LogP contribution is -2.28. The second-order valence-corrected chi connectivity index (χ2v) is 6.27. The third kappa shape index (κ3) is 5.76. The Kier molecular flexibility index (Phi) is 6.84. The Balaban J connectivity index is 1.61. The van der Waals surface area contributed by atoms with Gasteiger partial charge in [-0.15, -0.1) is 0 Å². The largest absolute Gasteiger partial charge is 0.387 e. The lowest BCUT2D eigenvalue weighted by atomic mass is 9.86. The molecule has 0 heterocycles. The number of nitrogens with one attached hydrogen (secondary N) is 1. The number of carbonyl (C=O) groups excluding carboxylic acids is 1. The fourth-order valence-electron chi connectivity index (χ4n) is 3.13. The third-order valence-corrected chi connectivity index (χ3v) is 4.49. The molecule has 0 saturated heterocycles. The minimum absolute atomic E-state index is 0.0167. The Morgan fingerprint density at radius 2 is 1.91 bits per heavy atom. The highest BCUT2D eigenvalue weighted by Crippen LogP contribution is 2.27. The molecule has 0 radical (unpaired) electrons. The number of aliphatic hydroxyl groups is 1. The summed E-state index contributed by atoms with van der Waals surface area (Å²) in [4.78, 5) is 11.8. The Morgan fingerprint density at radius 1 is 1.23 bits per heavy atom. The van der Waals surface area contributed by atoms with Crippen LogP contribution in [-0.4, -0.2) is 17.6 Å². The van der Waals surface area contributed by atoms with E-state index < -0.39 is 6.10 Å². The number of halogens is 1. The number of benzene rings is 1. The SMILES string of the molecule is O=C(CCCC1CCCCC1)NCC(O)c1ccc(F)cc1. The number of aliphatic hydroxyl groups excluding tert-OH is 1.